The summed E-state index contributed by atoms with van der Waals surface area (Å²) >= 11 is 5.40. The minimum Gasteiger partial charge on any atom is -0.328 e. The number of hydrogen-bond donors (Lipinski definition) is 0. The van der Waals surface area contributed by atoms with E-state index < -0.39 is 23.6 Å². The Balaban J connectivity index is 3.11. The standard InChI is InChI=1S/C12H12ClF3N2O3/c1-8-4-9(6-10(5-8)18(20)21)11(19)17(3-2-13)7-12(14,15)16/h4-6H,2-3,7H2,1H3. The number of non-ortho nitro benzene ring substituents is 1. The molecule has 0 radical (unpaired) electrons. The highest BCUT2D eigenvalue weighted by atomic mass is 35.5. The molecule has 0 aliphatic heterocycles. The molecule has 0 N–H and O–H groups in total. The highest BCUT2D eigenvalue weighted by Crippen LogP contribution is 2.21. The third-order valence-electron chi connectivity index (χ3n) is 2.53. The Morgan fingerprint density at radius 3 is 2.48 bits per heavy atom. The lowest BCUT2D eigenvalue weighted by molar-refractivity contribution is -0.384. The zero-order chi connectivity index (χ0) is 16.2. The molecule has 0 heterocycles. The van der Waals surface area contributed by atoms with Crippen LogP contribution in [0.15, 0.2) is 18.2 Å². The number of amides is 1. The number of carbonyl (C=O) groups is 1. The third kappa shape index (κ3) is 5.22. The van der Waals surface area contributed by atoms with Gasteiger partial charge in [0.1, 0.15) is 6.54 Å². The first-order chi connectivity index (χ1) is 9.64. The summed E-state index contributed by atoms with van der Waals surface area (Å²) in [5, 5.41) is 10.7. The van der Waals surface area contributed by atoms with Crippen molar-refractivity contribution in [1.82, 2.24) is 4.90 Å². The van der Waals surface area contributed by atoms with Crippen LogP contribution in [0.5, 0.6) is 0 Å². The molecule has 0 bridgehead atoms. The fourth-order valence-electron chi connectivity index (χ4n) is 1.75. The molecule has 0 fully saturated rings. The summed E-state index contributed by atoms with van der Waals surface area (Å²) in [4.78, 5) is 22.6. The van der Waals surface area contributed by atoms with Crippen molar-refractivity contribution in [3.8, 4) is 0 Å². The summed E-state index contributed by atoms with van der Waals surface area (Å²) in [7, 11) is 0. The summed E-state index contributed by atoms with van der Waals surface area (Å²) < 4.78 is 37.3. The van der Waals surface area contributed by atoms with Gasteiger partial charge in [0.2, 0.25) is 0 Å². The molecule has 0 saturated heterocycles. The number of hydrogen-bond acceptors (Lipinski definition) is 3. The number of halogens is 4. The Bertz CT molecular complexity index is 549. The van der Waals surface area contributed by atoms with E-state index >= 15 is 0 Å². The molecule has 0 aromatic heterocycles. The fourth-order valence-corrected chi connectivity index (χ4v) is 1.95. The van der Waals surface area contributed by atoms with Crippen LogP contribution in [0.25, 0.3) is 0 Å². The van der Waals surface area contributed by atoms with Crippen molar-refractivity contribution in [1.29, 1.82) is 0 Å². The van der Waals surface area contributed by atoms with Crippen LogP contribution in [0.1, 0.15) is 15.9 Å². The minimum atomic E-state index is -4.57. The number of benzene rings is 1. The maximum atomic E-state index is 12.4. The van der Waals surface area contributed by atoms with E-state index in [1.54, 1.807) is 0 Å². The van der Waals surface area contributed by atoms with E-state index in [2.05, 4.69) is 0 Å². The SMILES string of the molecule is Cc1cc(C(=O)N(CCCl)CC(F)(F)F)cc([N+](=O)[O-])c1. The molecule has 21 heavy (non-hydrogen) atoms. The van der Waals surface area contributed by atoms with Gasteiger partial charge in [0.05, 0.1) is 4.92 Å². The van der Waals surface area contributed by atoms with Crippen LogP contribution in [0.3, 0.4) is 0 Å². The minimum absolute atomic E-state index is 0.170. The van der Waals surface area contributed by atoms with Gasteiger partial charge >= 0.3 is 6.18 Å². The number of nitro benzene ring substituents is 1. The molecule has 0 aliphatic carbocycles. The summed E-state index contributed by atoms with van der Waals surface area (Å²) in [5.74, 6) is -1.12. The molecule has 0 aliphatic rings. The van der Waals surface area contributed by atoms with Crippen LogP contribution in [-0.2, 0) is 0 Å². The third-order valence-corrected chi connectivity index (χ3v) is 2.70. The first-order valence-corrected chi connectivity index (χ1v) is 6.35. The van der Waals surface area contributed by atoms with E-state index in [-0.39, 0.29) is 23.7 Å². The van der Waals surface area contributed by atoms with Crippen LogP contribution in [-0.4, -0.2) is 40.9 Å². The monoisotopic (exact) mass is 324 g/mol. The van der Waals surface area contributed by atoms with Gasteiger partial charge in [0.15, 0.2) is 0 Å². The predicted molar refractivity (Wildman–Crippen MR) is 70.5 cm³/mol. The summed E-state index contributed by atoms with van der Waals surface area (Å²) in [6.07, 6.45) is -4.57. The van der Waals surface area contributed by atoms with Crippen molar-refractivity contribution in [2.24, 2.45) is 0 Å². The Kier molecular flexibility index (Phi) is 5.54. The van der Waals surface area contributed by atoms with Crippen LogP contribution in [0, 0.1) is 17.0 Å². The van der Waals surface area contributed by atoms with E-state index in [9.17, 15) is 28.1 Å². The highest BCUT2D eigenvalue weighted by molar-refractivity contribution is 6.18. The smallest absolute Gasteiger partial charge is 0.328 e. The van der Waals surface area contributed by atoms with Crippen LogP contribution >= 0.6 is 11.6 Å². The number of carbonyl (C=O) groups excluding carboxylic acids is 1. The van der Waals surface area contributed by atoms with E-state index in [1.165, 1.54) is 19.1 Å². The van der Waals surface area contributed by atoms with Crippen LogP contribution in [0.2, 0.25) is 0 Å². The zero-order valence-corrected chi connectivity index (χ0v) is 11.7. The van der Waals surface area contributed by atoms with E-state index in [1.807, 2.05) is 0 Å². The molecule has 9 heteroatoms. The predicted octanol–water partition coefficient (Wildman–Crippen LogP) is 3.15. The van der Waals surface area contributed by atoms with E-state index in [4.69, 9.17) is 11.6 Å². The van der Waals surface area contributed by atoms with Crippen molar-refractivity contribution in [3.63, 3.8) is 0 Å². The molecular formula is C12H12ClF3N2O3. The van der Waals surface area contributed by atoms with Crippen LogP contribution < -0.4 is 0 Å². The Labute approximate surface area is 123 Å². The van der Waals surface area contributed by atoms with Gasteiger partial charge in [-0.15, -0.1) is 11.6 Å². The van der Waals surface area contributed by atoms with Gasteiger partial charge in [-0.05, 0) is 18.6 Å². The van der Waals surface area contributed by atoms with Gasteiger partial charge in [-0.1, -0.05) is 0 Å². The van der Waals surface area contributed by atoms with Crippen molar-refractivity contribution in [3.05, 3.63) is 39.4 Å². The van der Waals surface area contributed by atoms with Crippen molar-refractivity contribution >= 4 is 23.2 Å². The number of nitrogens with zero attached hydrogens (tertiary/aromatic N) is 2. The van der Waals surface area contributed by atoms with Gasteiger partial charge < -0.3 is 4.90 Å². The van der Waals surface area contributed by atoms with Crippen LogP contribution in [0.4, 0.5) is 18.9 Å². The fraction of sp³-hybridized carbons (Fsp3) is 0.417. The molecule has 0 saturated carbocycles. The van der Waals surface area contributed by atoms with E-state index in [0.29, 0.717) is 10.5 Å². The van der Waals surface area contributed by atoms with Gasteiger partial charge in [-0.2, -0.15) is 13.2 Å². The molecule has 116 valence electrons. The lowest BCUT2D eigenvalue weighted by Crippen LogP contribution is -2.40. The zero-order valence-electron chi connectivity index (χ0n) is 11.0. The maximum Gasteiger partial charge on any atom is 0.406 e. The molecule has 1 amide bonds. The number of aryl methyl sites for hydroxylation is 1. The molecule has 0 spiro atoms. The second-order valence-corrected chi connectivity index (χ2v) is 4.72. The molecule has 0 unspecified atom stereocenters. The Morgan fingerprint density at radius 2 is 2.00 bits per heavy atom. The number of alkyl halides is 4. The largest absolute Gasteiger partial charge is 0.406 e. The molecule has 1 rings (SSSR count). The lowest BCUT2D eigenvalue weighted by atomic mass is 10.1. The number of rotatable bonds is 5. The second kappa shape index (κ2) is 6.75. The lowest BCUT2D eigenvalue weighted by Gasteiger charge is -2.23. The Hall–Kier alpha value is -1.83. The topological polar surface area (TPSA) is 63.5 Å². The summed E-state index contributed by atoms with van der Waals surface area (Å²) in [6.45, 7) is -0.249. The van der Waals surface area contributed by atoms with Gasteiger partial charge in [-0.25, -0.2) is 0 Å². The van der Waals surface area contributed by atoms with E-state index in [0.717, 1.165) is 6.07 Å². The Morgan fingerprint density at radius 1 is 1.38 bits per heavy atom. The van der Waals surface area contributed by atoms with Crippen molar-refractivity contribution in [2.75, 3.05) is 19.0 Å². The average Bonchev–Trinajstić information content (AvgIpc) is 2.35. The normalized spacial score (nSPS) is 11.3. The molecule has 0 atom stereocenters. The molecule has 1 aromatic rings. The van der Waals surface area contributed by atoms with Crippen molar-refractivity contribution < 1.29 is 22.9 Å². The first kappa shape index (κ1) is 17.2. The maximum absolute atomic E-state index is 12.4. The highest BCUT2D eigenvalue weighted by Gasteiger charge is 2.33. The summed E-state index contributed by atoms with van der Waals surface area (Å²) in [5.41, 5.74) is -0.113. The average molecular weight is 325 g/mol. The van der Waals surface area contributed by atoms with Gasteiger partial charge in [0, 0.05) is 30.1 Å². The first-order valence-electron chi connectivity index (χ1n) is 5.82. The van der Waals surface area contributed by atoms with Crippen molar-refractivity contribution in [2.45, 2.75) is 13.1 Å². The second-order valence-electron chi connectivity index (χ2n) is 4.35. The van der Waals surface area contributed by atoms with Gasteiger partial charge in [0.25, 0.3) is 11.6 Å². The molecular weight excluding hydrogens is 313 g/mol. The van der Waals surface area contributed by atoms with Gasteiger partial charge in [-0.3, -0.25) is 14.9 Å². The quantitative estimate of drug-likeness (QED) is 0.475. The number of nitro groups is 1. The summed E-state index contributed by atoms with van der Waals surface area (Å²) in [6, 6.07) is 3.48. The molecule has 1 aromatic carbocycles. The molecule has 5 nitrogen and oxygen atoms in total.